The molecule has 0 bridgehead atoms. The normalized spacial score (nSPS) is 31.1. The average molecular weight is 167 g/mol. The molecule has 1 rings (SSSR count). The van der Waals surface area contributed by atoms with Gasteiger partial charge in [-0.25, -0.2) is 0 Å². The molecule has 1 aliphatic rings. The summed E-state index contributed by atoms with van der Waals surface area (Å²) in [5, 5.41) is 9.13. The Balaban J connectivity index is 2.55. The minimum Gasteiger partial charge on any atom is -0.385 e. The molecule has 1 aliphatic carbocycles. The molecule has 0 aromatic heterocycles. The number of hydrogen-bond acceptors (Lipinski definition) is 2. The quantitative estimate of drug-likeness (QED) is 0.604. The number of aliphatic hydroxyl groups excluding tert-OH is 1. The molecular formula is C10H17NO. The predicted molar refractivity (Wildman–Crippen MR) is 50.6 cm³/mol. The summed E-state index contributed by atoms with van der Waals surface area (Å²) in [4.78, 5) is 0. The van der Waals surface area contributed by atoms with Gasteiger partial charge in [0.25, 0.3) is 0 Å². The Morgan fingerprint density at radius 1 is 1.17 bits per heavy atom. The Morgan fingerprint density at radius 3 is 2.08 bits per heavy atom. The van der Waals surface area contributed by atoms with Crippen molar-refractivity contribution >= 4 is 0 Å². The molecule has 0 saturated heterocycles. The lowest BCUT2D eigenvalue weighted by molar-refractivity contribution is 0.266. The zero-order chi connectivity index (χ0) is 9.14. The highest BCUT2D eigenvalue weighted by Crippen LogP contribution is 2.17. The van der Waals surface area contributed by atoms with E-state index in [1.807, 2.05) is 12.2 Å². The summed E-state index contributed by atoms with van der Waals surface area (Å²) in [6, 6.07) is 0.157. The highest BCUT2D eigenvalue weighted by molar-refractivity contribution is 5.16. The van der Waals surface area contributed by atoms with Crippen molar-refractivity contribution in [3.8, 4) is 0 Å². The van der Waals surface area contributed by atoms with E-state index in [-0.39, 0.29) is 12.0 Å². The average Bonchev–Trinajstić information content (AvgIpc) is 2.04. The minimum atomic E-state index is -0.416. The lowest BCUT2D eigenvalue weighted by Crippen LogP contribution is -2.34. The summed E-state index contributed by atoms with van der Waals surface area (Å²) >= 11 is 0. The molecular weight excluding hydrogens is 150 g/mol. The molecule has 0 aliphatic heterocycles. The van der Waals surface area contributed by atoms with E-state index in [0.717, 1.165) is 0 Å². The zero-order valence-corrected chi connectivity index (χ0v) is 7.64. The first-order valence-corrected chi connectivity index (χ1v) is 4.41. The van der Waals surface area contributed by atoms with E-state index < -0.39 is 6.10 Å². The van der Waals surface area contributed by atoms with Gasteiger partial charge in [0.2, 0.25) is 0 Å². The topological polar surface area (TPSA) is 46.2 Å². The third kappa shape index (κ3) is 2.19. The Kier molecular flexibility index (Phi) is 3.06. The summed E-state index contributed by atoms with van der Waals surface area (Å²) in [7, 11) is 0. The molecule has 0 fully saturated rings. The van der Waals surface area contributed by atoms with E-state index in [0.29, 0.717) is 5.92 Å². The van der Waals surface area contributed by atoms with Gasteiger partial charge in [-0.2, -0.15) is 0 Å². The van der Waals surface area contributed by atoms with E-state index in [9.17, 15) is 0 Å². The fourth-order valence-corrected chi connectivity index (χ4v) is 1.31. The van der Waals surface area contributed by atoms with Crippen LogP contribution in [0, 0.1) is 11.8 Å². The van der Waals surface area contributed by atoms with Gasteiger partial charge in [0.15, 0.2) is 0 Å². The van der Waals surface area contributed by atoms with Crippen molar-refractivity contribution in [1.29, 1.82) is 0 Å². The van der Waals surface area contributed by atoms with Crippen molar-refractivity contribution in [2.45, 2.75) is 26.0 Å². The summed E-state index contributed by atoms with van der Waals surface area (Å²) in [5.74, 6) is 0.757. The lowest BCUT2D eigenvalue weighted by atomic mass is 9.88. The Labute approximate surface area is 73.8 Å². The standard InChI is InChI=1S/C10H17NO/c1-7(2)10(11)8-3-5-9(12)6-4-8/h3-10,12H,11H2,1-2H3. The van der Waals surface area contributed by atoms with E-state index in [1.165, 1.54) is 0 Å². The minimum absolute atomic E-state index is 0.157. The van der Waals surface area contributed by atoms with Crippen molar-refractivity contribution in [1.82, 2.24) is 0 Å². The summed E-state index contributed by atoms with van der Waals surface area (Å²) in [6.07, 6.45) is 7.12. The molecule has 0 saturated carbocycles. The van der Waals surface area contributed by atoms with Crippen molar-refractivity contribution in [2.24, 2.45) is 17.6 Å². The highest BCUT2D eigenvalue weighted by atomic mass is 16.3. The van der Waals surface area contributed by atoms with Crippen LogP contribution in [0.3, 0.4) is 0 Å². The summed E-state index contributed by atoms with van der Waals surface area (Å²) in [5.41, 5.74) is 5.95. The van der Waals surface area contributed by atoms with E-state index in [2.05, 4.69) is 13.8 Å². The molecule has 1 atom stereocenters. The second-order valence-electron chi connectivity index (χ2n) is 3.66. The van der Waals surface area contributed by atoms with Crippen molar-refractivity contribution in [2.75, 3.05) is 0 Å². The van der Waals surface area contributed by atoms with E-state index in [4.69, 9.17) is 10.8 Å². The largest absolute Gasteiger partial charge is 0.385 e. The van der Waals surface area contributed by atoms with Crippen LogP contribution in [0.25, 0.3) is 0 Å². The van der Waals surface area contributed by atoms with Crippen LogP contribution >= 0.6 is 0 Å². The van der Waals surface area contributed by atoms with Gasteiger partial charge < -0.3 is 10.8 Å². The number of rotatable bonds is 2. The summed E-state index contributed by atoms with van der Waals surface area (Å²) in [6.45, 7) is 4.22. The molecule has 0 amide bonds. The SMILES string of the molecule is CC(C)C(N)C1C=CC(O)C=C1. The van der Waals surface area contributed by atoms with Gasteiger partial charge in [-0.3, -0.25) is 0 Å². The molecule has 68 valence electrons. The van der Waals surface area contributed by atoms with Gasteiger partial charge in [0.05, 0.1) is 6.10 Å². The molecule has 0 aromatic rings. The Bertz CT molecular complexity index is 182. The Morgan fingerprint density at radius 2 is 1.67 bits per heavy atom. The third-order valence-corrected chi connectivity index (χ3v) is 2.28. The number of hydrogen-bond donors (Lipinski definition) is 2. The first-order valence-electron chi connectivity index (χ1n) is 4.41. The van der Waals surface area contributed by atoms with Crippen molar-refractivity contribution in [3.63, 3.8) is 0 Å². The molecule has 0 aromatic carbocycles. The van der Waals surface area contributed by atoms with Gasteiger partial charge in [-0.1, -0.05) is 38.2 Å². The fourth-order valence-electron chi connectivity index (χ4n) is 1.31. The molecule has 12 heavy (non-hydrogen) atoms. The van der Waals surface area contributed by atoms with Gasteiger partial charge in [-0.15, -0.1) is 0 Å². The van der Waals surface area contributed by atoms with Crippen molar-refractivity contribution < 1.29 is 5.11 Å². The number of nitrogens with two attached hydrogens (primary N) is 1. The maximum absolute atomic E-state index is 9.13. The number of aliphatic hydroxyl groups is 1. The Hall–Kier alpha value is -0.600. The van der Waals surface area contributed by atoms with Crippen LogP contribution < -0.4 is 5.73 Å². The smallest absolute Gasteiger partial charge is 0.0903 e. The first kappa shape index (κ1) is 9.49. The summed E-state index contributed by atoms with van der Waals surface area (Å²) < 4.78 is 0. The van der Waals surface area contributed by atoms with Crippen LogP contribution in [0.2, 0.25) is 0 Å². The highest BCUT2D eigenvalue weighted by Gasteiger charge is 2.17. The molecule has 2 nitrogen and oxygen atoms in total. The van der Waals surface area contributed by atoms with Crippen LogP contribution in [0.15, 0.2) is 24.3 Å². The van der Waals surface area contributed by atoms with Crippen LogP contribution in [-0.4, -0.2) is 17.3 Å². The first-order chi connectivity index (χ1) is 5.61. The maximum Gasteiger partial charge on any atom is 0.0903 e. The van der Waals surface area contributed by atoms with E-state index in [1.54, 1.807) is 12.2 Å². The fraction of sp³-hybridized carbons (Fsp3) is 0.600. The van der Waals surface area contributed by atoms with Gasteiger partial charge >= 0.3 is 0 Å². The van der Waals surface area contributed by atoms with Crippen LogP contribution in [0.4, 0.5) is 0 Å². The molecule has 0 heterocycles. The van der Waals surface area contributed by atoms with Crippen LogP contribution in [0.5, 0.6) is 0 Å². The van der Waals surface area contributed by atoms with Crippen LogP contribution in [-0.2, 0) is 0 Å². The molecule has 0 radical (unpaired) electrons. The second-order valence-corrected chi connectivity index (χ2v) is 3.66. The van der Waals surface area contributed by atoms with Gasteiger partial charge in [-0.05, 0) is 5.92 Å². The third-order valence-electron chi connectivity index (χ3n) is 2.28. The van der Waals surface area contributed by atoms with E-state index >= 15 is 0 Å². The molecule has 1 unspecified atom stereocenters. The maximum atomic E-state index is 9.13. The predicted octanol–water partition coefficient (Wildman–Crippen LogP) is 1.07. The van der Waals surface area contributed by atoms with Gasteiger partial charge in [0, 0.05) is 12.0 Å². The molecule has 2 heteroatoms. The molecule has 0 spiro atoms. The monoisotopic (exact) mass is 167 g/mol. The van der Waals surface area contributed by atoms with Crippen LogP contribution in [0.1, 0.15) is 13.8 Å². The lowest BCUT2D eigenvalue weighted by Gasteiger charge is -2.23. The second kappa shape index (κ2) is 3.87. The van der Waals surface area contributed by atoms with Gasteiger partial charge in [0.1, 0.15) is 0 Å². The zero-order valence-electron chi connectivity index (χ0n) is 7.64. The molecule has 3 N–H and O–H groups in total. The van der Waals surface area contributed by atoms with Crippen molar-refractivity contribution in [3.05, 3.63) is 24.3 Å².